The Morgan fingerprint density at radius 2 is 2.13 bits per heavy atom. The Kier molecular flexibility index (Phi) is 4.84. The number of halogens is 2. The molecule has 5 rings (SSSR count). The predicted molar refractivity (Wildman–Crippen MR) is 115 cm³/mol. The maximum atomic E-state index is 14.2. The van der Waals surface area contributed by atoms with Crippen LogP contribution in [-0.4, -0.2) is 31.5 Å². The highest BCUT2D eigenvalue weighted by Crippen LogP contribution is 2.33. The van der Waals surface area contributed by atoms with E-state index in [1.807, 2.05) is 12.1 Å². The predicted octanol–water partition coefficient (Wildman–Crippen LogP) is 4.90. The number of nitrogens with zero attached hydrogens (tertiary/aromatic N) is 3. The molecular formula is C20H16ClFN6OS. The van der Waals surface area contributed by atoms with Gasteiger partial charge in [0.15, 0.2) is 5.82 Å². The summed E-state index contributed by atoms with van der Waals surface area (Å²) in [5.41, 5.74) is 2.07. The monoisotopic (exact) mass is 442 g/mol. The van der Waals surface area contributed by atoms with Crippen LogP contribution in [0.1, 0.15) is 29.6 Å². The Morgan fingerprint density at radius 3 is 2.93 bits per heavy atom. The van der Waals surface area contributed by atoms with Crippen LogP contribution in [-0.2, 0) is 0 Å². The van der Waals surface area contributed by atoms with Crippen molar-refractivity contribution in [3.8, 4) is 11.4 Å². The minimum Gasteiger partial charge on any atom is -0.349 e. The molecule has 2 aromatic carbocycles. The standard InChI is InChI=1S/C20H16ClFN6OS/c21-17-13-9-23-27-15(13)6-7-16(17)25-20-26-18(28-30-20)10-4-5-14(22)12(8-10)19(29)24-11-2-1-3-11/h4-9,11H,1-3H2,(H,23,27)(H,24,29)(H,25,26,28). The molecule has 1 aliphatic carbocycles. The number of aromatic nitrogens is 4. The second-order valence-corrected chi connectivity index (χ2v) is 8.23. The SMILES string of the molecule is O=C(NC1CCC1)c1cc(-c2nsc(Nc3ccc4[nH]ncc4c3Cl)n2)ccc1F. The molecule has 30 heavy (non-hydrogen) atoms. The lowest BCUT2D eigenvalue weighted by Gasteiger charge is -2.26. The first-order valence-electron chi connectivity index (χ1n) is 9.41. The molecule has 0 atom stereocenters. The first-order valence-corrected chi connectivity index (χ1v) is 10.6. The van der Waals surface area contributed by atoms with Crippen molar-refractivity contribution in [1.82, 2.24) is 24.9 Å². The Labute approximate surface area is 179 Å². The van der Waals surface area contributed by atoms with Crippen LogP contribution in [0.2, 0.25) is 5.02 Å². The molecule has 1 saturated carbocycles. The minimum atomic E-state index is -0.565. The number of aromatic amines is 1. The maximum Gasteiger partial charge on any atom is 0.254 e. The molecule has 0 saturated heterocycles. The summed E-state index contributed by atoms with van der Waals surface area (Å²) in [6.07, 6.45) is 4.61. The summed E-state index contributed by atoms with van der Waals surface area (Å²) in [5, 5.41) is 14.7. The van der Waals surface area contributed by atoms with E-state index < -0.39 is 11.7 Å². The van der Waals surface area contributed by atoms with Crippen LogP contribution >= 0.6 is 23.1 Å². The Morgan fingerprint density at radius 1 is 1.27 bits per heavy atom. The smallest absolute Gasteiger partial charge is 0.254 e. The zero-order chi connectivity index (χ0) is 20.7. The molecule has 7 nitrogen and oxygen atoms in total. The topological polar surface area (TPSA) is 95.6 Å². The van der Waals surface area contributed by atoms with Gasteiger partial charge in [-0.15, -0.1) is 0 Å². The maximum absolute atomic E-state index is 14.2. The number of hydrogen-bond acceptors (Lipinski definition) is 6. The molecule has 3 N–H and O–H groups in total. The first kappa shape index (κ1) is 19.0. The molecule has 0 aliphatic heterocycles. The molecule has 1 fully saturated rings. The first-order chi connectivity index (χ1) is 14.6. The average molecular weight is 443 g/mol. The molecule has 4 aromatic rings. The second kappa shape index (κ2) is 7.66. The van der Waals surface area contributed by atoms with Crippen molar-refractivity contribution in [2.75, 3.05) is 5.32 Å². The van der Waals surface area contributed by atoms with Gasteiger partial charge in [0.25, 0.3) is 5.91 Å². The summed E-state index contributed by atoms with van der Waals surface area (Å²) < 4.78 is 18.5. The highest BCUT2D eigenvalue weighted by atomic mass is 35.5. The van der Waals surface area contributed by atoms with E-state index in [4.69, 9.17) is 11.6 Å². The third-order valence-corrected chi connectivity index (χ3v) is 6.17. The van der Waals surface area contributed by atoms with Crippen LogP contribution in [0, 0.1) is 5.82 Å². The molecule has 0 bridgehead atoms. The summed E-state index contributed by atoms with van der Waals surface area (Å²) in [7, 11) is 0. The highest BCUT2D eigenvalue weighted by molar-refractivity contribution is 7.10. The van der Waals surface area contributed by atoms with Gasteiger partial charge in [-0.25, -0.2) is 4.39 Å². The fourth-order valence-corrected chi connectivity index (χ4v) is 4.10. The van der Waals surface area contributed by atoms with Gasteiger partial charge in [0.05, 0.1) is 28.0 Å². The molecular weight excluding hydrogens is 427 g/mol. The molecule has 2 aromatic heterocycles. The zero-order valence-electron chi connectivity index (χ0n) is 15.6. The highest BCUT2D eigenvalue weighted by Gasteiger charge is 2.22. The normalized spacial score (nSPS) is 13.9. The number of benzene rings is 2. The Hall–Kier alpha value is -3.04. The summed E-state index contributed by atoms with van der Waals surface area (Å²) in [6, 6.07) is 8.14. The summed E-state index contributed by atoms with van der Waals surface area (Å²) in [6.45, 7) is 0. The van der Waals surface area contributed by atoms with Gasteiger partial charge < -0.3 is 10.6 Å². The summed E-state index contributed by atoms with van der Waals surface area (Å²) >= 11 is 7.58. The summed E-state index contributed by atoms with van der Waals surface area (Å²) in [4.78, 5) is 16.9. The number of anilines is 2. The number of hydrogen-bond donors (Lipinski definition) is 3. The Bertz CT molecular complexity index is 1250. The fraction of sp³-hybridized carbons (Fsp3) is 0.200. The Balaban J connectivity index is 1.38. The molecule has 1 amide bonds. The van der Waals surface area contributed by atoms with E-state index in [0.717, 1.165) is 41.7 Å². The molecule has 0 radical (unpaired) electrons. The van der Waals surface area contributed by atoms with Crippen molar-refractivity contribution in [2.45, 2.75) is 25.3 Å². The van der Waals surface area contributed by atoms with Crippen molar-refractivity contribution < 1.29 is 9.18 Å². The molecule has 0 spiro atoms. The number of rotatable bonds is 5. The van der Waals surface area contributed by atoms with Gasteiger partial charge in [0.2, 0.25) is 5.13 Å². The van der Waals surface area contributed by atoms with Gasteiger partial charge in [0, 0.05) is 28.5 Å². The van der Waals surface area contributed by atoms with Crippen LogP contribution in [0.25, 0.3) is 22.3 Å². The van der Waals surface area contributed by atoms with Gasteiger partial charge in [0.1, 0.15) is 5.82 Å². The number of carbonyl (C=O) groups excluding carboxylic acids is 1. The minimum absolute atomic E-state index is 0.00263. The molecule has 2 heterocycles. The number of amides is 1. The summed E-state index contributed by atoms with van der Waals surface area (Å²) in [5.74, 6) is -0.571. The number of fused-ring (bicyclic) bond motifs is 1. The lowest BCUT2D eigenvalue weighted by Crippen LogP contribution is -2.39. The van der Waals surface area contributed by atoms with Crippen LogP contribution in [0.3, 0.4) is 0 Å². The zero-order valence-corrected chi connectivity index (χ0v) is 17.1. The van der Waals surface area contributed by atoms with E-state index in [-0.39, 0.29) is 11.6 Å². The quantitative estimate of drug-likeness (QED) is 0.408. The lowest BCUT2D eigenvalue weighted by molar-refractivity contribution is 0.0913. The van der Waals surface area contributed by atoms with Gasteiger partial charge in [-0.05, 0) is 49.6 Å². The second-order valence-electron chi connectivity index (χ2n) is 7.10. The van der Waals surface area contributed by atoms with Crippen molar-refractivity contribution >= 4 is 50.8 Å². The van der Waals surface area contributed by atoms with Gasteiger partial charge >= 0.3 is 0 Å². The number of H-pyrrole nitrogens is 1. The van der Waals surface area contributed by atoms with Crippen molar-refractivity contribution in [1.29, 1.82) is 0 Å². The fourth-order valence-electron chi connectivity index (χ4n) is 3.24. The average Bonchev–Trinajstić information content (AvgIpc) is 3.37. The molecule has 152 valence electrons. The van der Waals surface area contributed by atoms with Crippen molar-refractivity contribution in [3.05, 3.63) is 52.9 Å². The van der Waals surface area contributed by atoms with Gasteiger partial charge in [-0.2, -0.15) is 14.5 Å². The van der Waals surface area contributed by atoms with Crippen LogP contribution in [0.5, 0.6) is 0 Å². The van der Waals surface area contributed by atoms with Crippen LogP contribution in [0.15, 0.2) is 36.5 Å². The molecule has 0 unspecified atom stereocenters. The lowest BCUT2D eigenvalue weighted by atomic mass is 9.93. The van der Waals surface area contributed by atoms with Gasteiger partial charge in [-0.1, -0.05) is 11.6 Å². The van der Waals surface area contributed by atoms with E-state index in [9.17, 15) is 9.18 Å². The molecule has 1 aliphatic rings. The van der Waals surface area contributed by atoms with Crippen LogP contribution in [0.4, 0.5) is 15.2 Å². The van der Waals surface area contributed by atoms with Crippen molar-refractivity contribution in [3.63, 3.8) is 0 Å². The van der Waals surface area contributed by atoms with Gasteiger partial charge in [-0.3, -0.25) is 9.89 Å². The molecule has 10 heteroatoms. The van der Waals surface area contributed by atoms with E-state index in [2.05, 4.69) is 30.2 Å². The largest absolute Gasteiger partial charge is 0.349 e. The van der Waals surface area contributed by atoms with Crippen LogP contribution < -0.4 is 10.6 Å². The number of nitrogens with one attached hydrogen (secondary N) is 3. The third-order valence-electron chi connectivity index (χ3n) is 5.14. The third kappa shape index (κ3) is 3.50. The van der Waals surface area contributed by atoms with E-state index in [1.54, 1.807) is 12.3 Å². The van der Waals surface area contributed by atoms with E-state index >= 15 is 0 Å². The van der Waals surface area contributed by atoms with E-state index in [1.165, 1.54) is 12.1 Å². The van der Waals surface area contributed by atoms with E-state index in [0.29, 0.717) is 27.2 Å². The number of carbonyl (C=O) groups is 1. The van der Waals surface area contributed by atoms with Crippen molar-refractivity contribution in [2.24, 2.45) is 0 Å².